The van der Waals surface area contributed by atoms with Gasteiger partial charge in [0.1, 0.15) is 10.8 Å². The molecule has 0 spiro atoms. The zero-order chi connectivity index (χ0) is 16.4. The molecule has 5 nitrogen and oxygen atoms in total. The number of nitrogens with zero attached hydrogens (tertiary/aromatic N) is 4. The lowest BCUT2D eigenvalue weighted by atomic mass is 10.2. The molecule has 0 bridgehead atoms. The van der Waals surface area contributed by atoms with Gasteiger partial charge in [0.15, 0.2) is 0 Å². The van der Waals surface area contributed by atoms with E-state index in [-0.39, 0.29) is 0 Å². The predicted octanol–water partition coefficient (Wildman–Crippen LogP) is 3.28. The first-order chi connectivity index (χ1) is 11.8. The van der Waals surface area contributed by atoms with Crippen LogP contribution in [-0.4, -0.2) is 54.4 Å². The summed E-state index contributed by atoms with van der Waals surface area (Å²) < 4.78 is 5.21. The Morgan fingerprint density at radius 1 is 1.00 bits per heavy atom. The normalized spacial score (nSPS) is 19.8. The SMILES string of the molecule is COc1ccc(-c2nnc(N3CCN(C4CCCC4)CC3)s2)cc1. The molecule has 0 N–H and O–H groups in total. The van der Waals surface area contributed by atoms with Crippen LogP contribution < -0.4 is 9.64 Å². The molecule has 0 atom stereocenters. The third kappa shape index (κ3) is 3.26. The first kappa shape index (κ1) is 15.8. The molecule has 6 heteroatoms. The molecule has 0 amide bonds. The van der Waals surface area contributed by atoms with Gasteiger partial charge >= 0.3 is 0 Å². The van der Waals surface area contributed by atoms with E-state index in [0.717, 1.165) is 53.7 Å². The lowest BCUT2D eigenvalue weighted by Gasteiger charge is -2.37. The highest BCUT2D eigenvalue weighted by Gasteiger charge is 2.27. The number of piperazine rings is 1. The Kier molecular flexibility index (Phi) is 4.67. The lowest BCUT2D eigenvalue weighted by molar-refractivity contribution is 0.187. The summed E-state index contributed by atoms with van der Waals surface area (Å²) in [5.41, 5.74) is 1.10. The average Bonchev–Trinajstić information content (AvgIpc) is 3.34. The molecule has 2 aromatic rings. The van der Waals surface area contributed by atoms with E-state index in [1.165, 1.54) is 25.7 Å². The van der Waals surface area contributed by atoms with Crippen LogP contribution in [0.1, 0.15) is 25.7 Å². The highest BCUT2D eigenvalue weighted by molar-refractivity contribution is 7.18. The zero-order valence-corrected chi connectivity index (χ0v) is 15.0. The molecule has 128 valence electrons. The molecule has 4 rings (SSSR count). The molecule has 1 aromatic carbocycles. The van der Waals surface area contributed by atoms with Crippen LogP contribution in [0.25, 0.3) is 10.6 Å². The van der Waals surface area contributed by atoms with Gasteiger partial charge in [0.25, 0.3) is 0 Å². The fraction of sp³-hybridized carbons (Fsp3) is 0.556. The van der Waals surface area contributed by atoms with Crippen molar-refractivity contribution >= 4 is 16.5 Å². The summed E-state index contributed by atoms with van der Waals surface area (Å²) in [4.78, 5) is 5.06. The van der Waals surface area contributed by atoms with Crippen LogP contribution in [-0.2, 0) is 0 Å². The maximum Gasteiger partial charge on any atom is 0.208 e. The summed E-state index contributed by atoms with van der Waals surface area (Å²) in [6.45, 7) is 4.44. The van der Waals surface area contributed by atoms with E-state index in [1.54, 1.807) is 18.4 Å². The van der Waals surface area contributed by atoms with Crippen molar-refractivity contribution in [2.24, 2.45) is 0 Å². The summed E-state index contributed by atoms with van der Waals surface area (Å²) in [7, 11) is 1.68. The molecule has 2 heterocycles. The highest BCUT2D eigenvalue weighted by atomic mass is 32.1. The predicted molar refractivity (Wildman–Crippen MR) is 97.9 cm³/mol. The van der Waals surface area contributed by atoms with Gasteiger partial charge in [-0.25, -0.2) is 0 Å². The van der Waals surface area contributed by atoms with Crippen LogP contribution in [0.15, 0.2) is 24.3 Å². The molecule has 1 aromatic heterocycles. The van der Waals surface area contributed by atoms with E-state index >= 15 is 0 Å². The second-order valence-corrected chi connectivity index (χ2v) is 7.54. The molecular weight excluding hydrogens is 320 g/mol. The van der Waals surface area contributed by atoms with Gasteiger partial charge < -0.3 is 9.64 Å². The van der Waals surface area contributed by atoms with Crippen molar-refractivity contribution in [1.29, 1.82) is 0 Å². The van der Waals surface area contributed by atoms with E-state index < -0.39 is 0 Å². The van der Waals surface area contributed by atoms with Gasteiger partial charge in [-0.1, -0.05) is 24.2 Å². The monoisotopic (exact) mass is 344 g/mol. The summed E-state index contributed by atoms with van der Waals surface area (Å²) in [5.74, 6) is 0.867. The van der Waals surface area contributed by atoms with Gasteiger partial charge in [-0.05, 0) is 37.1 Å². The number of anilines is 1. The third-order valence-corrected chi connectivity index (χ3v) is 6.21. The van der Waals surface area contributed by atoms with E-state index in [0.29, 0.717) is 0 Å². The molecule has 2 fully saturated rings. The van der Waals surface area contributed by atoms with E-state index in [1.807, 2.05) is 24.3 Å². The second kappa shape index (κ2) is 7.07. The van der Waals surface area contributed by atoms with Gasteiger partial charge in [0.2, 0.25) is 5.13 Å². The van der Waals surface area contributed by atoms with E-state index in [2.05, 4.69) is 20.0 Å². The minimum atomic E-state index is 0.830. The van der Waals surface area contributed by atoms with Crippen LogP contribution in [0.3, 0.4) is 0 Å². The van der Waals surface area contributed by atoms with E-state index in [4.69, 9.17) is 4.74 Å². The molecular formula is C18H24N4OS. The van der Waals surface area contributed by atoms with Gasteiger partial charge in [0, 0.05) is 37.8 Å². The fourth-order valence-electron chi connectivity index (χ4n) is 3.74. The Balaban J connectivity index is 1.39. The summed E-state index contributed by atoms with van der Waals surface area (Å²) in [5, 5.41) is 10.8. The molecule has 0 unspecified atom stereocenters. The van der Waals surface area contributed by atoms with Crippen LogP contribution in [0, 0.1) is 0 Å². The summed E-state index contributed by atoms with van der Waals surface area (Å²) in [6.07, 6.45) is 5.60. The van der Waals surface area contributed by atoms with Crippen molar-refractivity contribution in [2.45, 2.75) is 31.7 Å². The maximum atomic E-state index is 5.21. The molecule has 24 heavy (non-hydrogen) atoms. The first-order valence-corrected chi connectivity index (χ1v) is 9.62. The second-order valence-electron chi connectivity index (χ2n) is 6.58. The number of aromatic nitrogens is 2. The zero-order valence-electron chi connectivity index (χ0n) is 14.1. The van der Waals surface area contributed by atoms with Gasteiger partial charge in [-0.3, -0.25) is 4.90 Å². The molecule has 2 aliphatic rings. The number of methoxy groups -OCH3 is 1. The number of rotatable bonds is 4. The van der Waals surface area contributed by atoms with Crippen molar-refractivity contribution in [2.75, 3.05) is 38.2 Å². The first-order valence-electron chi connectivity index (χ1n) is 8.80. The largest absolute Gasteiger partial charge is 0.497 e. The summed E-state index contributed by atoms with van der Waals surface area (Å²) >= 11 is 1.68. The molecule has 1 aliphatic carbocycles. The van der Waals surface area contributed by atoms with Gasteiger partial charge in [-0.2, -0.15) is 0 Å². The van der Waals surface area contributed by atoms with Crippen molar-refractivity contribution < 1.29 is 4.74 Å². The number of ether oxygens (including phenoxy) is 1. The van der Waals surface area contributed by atoms with Crippen LogP contribution in [0.4, 0.5) is 5.13 Å². The van der Waals surface area contributed by atoms with Crippen molar-refractivity contribution in [3.8, 4) is 16.3 Å². The van der Waals surface area contributed by atoms with Crippen LogP contribution in [0.2, 0.25) is 0 Å². The number of hydrogen-bond donors (Lipinski definition) is 0. The number of hydrogen-bond acceptors (Lipinski definition) is 6. The topological polar surface area (TPSA) is 41.5 Å². The fourth-order valence-corrected chi connectivity index (χ4v) is 4.64. The third-order valence-electron chi connectivity index (χ3n) is 5.18. The van der Waals surface area contributed by atoms with Crippen molar-refractivity contribution in [3.05, 3.63) is 24.3 Å². The van der Waals surface area contributed by atoms with Gasteiger partial charge in [0.05, 0.1) is 7.11 Å². The summed E-state index contributed by atoms with van der Waals surface area (Å²) in [6, 6.07) is 8.85. The Morgan fingerprint density at radius 2 is 1.71 bits per heavy atom. The Labute approximate surface area is 147 Å². The quantitative estimate of drug-likeness (QED) is 0.851. The molecule has 1 saturated carbocycles. The van der Waals surface area contributed by atoms with Crippen molar-refractivity contribution in [3.63, 3.8) is 0 Å². The van der Waals surface area contributed by atoms with E-state index in [9.17, 15) is 0 Å². The average molecular weight is 344 g/mol. The van der Waals surface area contributed by atoms with Crippen molar-refractivity contribution in [1.82, 2.24) is 15.1 Å². The number of benzene rings is 1. The standard InChI is InChI=1S/C18H24N4OS/c1-23-16-8-6-14(7-9-16)17-19-20-18(24-17)22-12-10-21(11-13-22)15-4-2-3-5-15/h6-9,15H,2-5,10-13H2,1H3. The Hall–Kier alpha value is -1.66. The molecule has 0 radical (unpaired) electrons. The van der Waals surface area contributed by atoms with Crippen LogP contribution in [0.5, 0.6) is 5.75 Å². The minimum Gasteiger partial charge on any atom is -0.497 e. The minimum absolute atomic E-state index is 0.830. The lowest BCUT2D eigenvalue weighted by Crippen LogP contribution is -2.49. The maximum absolute atomic E-state index is 5.21. The Morgan fingerprint density at radius 3 is 2.38 bits per heavy atom. The smallest absolute Gasteiger partial charge is 0.208 e. The Bertz CT molecular complexity index is 658. The molecule has 1 saturated heterocycles. The highest BCUT2D eigenvalue weighted by Crippen LogP contribution is 2.31. The molecule has 1 aliphatic heterocycles. The van der Waals surface area contributed by atoms with Crippen LogP contribution >= 0.6 is 11.3 Å². The van der Waals surface area contributed by atoms with Gasteiger partial charge in [-0.15, -0.1) is 10.2 Å².